The second-order valence-corrected chi connectivity index (χ2v) is 6.50. The normalized spacial score (nSPS) is 39.4. The van der Waals surface area contributed by atoms with Gasteiger partial charge in [0.15, 0.2) is 0 Å². The van der Waals surface area contributed by atoms with Crippen LogP contribution in [0.4, 0.5) is 0 Å². The number of rotatable bonds is 2. The highest BCUT2D eigenvalue weighted by atomic mass is 15.3. The van der Waals surface area contributed by atoms with Crippen LogP contribution >= 0.6 is 0 Å². The summed E-state index contributed by atoms with van der Waals surface area (Å²) in [5, 5.41) is 9.78. The van der Waals surface area contributed by atoms with E-state index in [1.165, 1.54) is 38.5 Å². The first-order valence-corrected chi connectivity index (χ1v) is 7.67. The van der Waals surface area contributed by atoms with E-state index >= 15 is 0 Å². The average molecular weight is 247 g/mol. The number of nitrogens with zero attached hydrogens (tertiary/aromatic N) is 3. The molecule has 1 saturated carbocycles. The first kappa shape index (κ1) is 12.4. The summed E-state index contributed by atoms with van der Waals surface area (Å²) in [6.07, 6.45) is 9.01. The molecular weight excluding hydrogens is 222 g/mol. The topological polar surface area (TPSA) is 30.3 Å². The van der Waals surface area contributed by atoms with Crippen molar-refractivity contribution in [3.8, 4) is 6.07 Å². The van der Waals surface area contributed by atoms with Crippen LogP contribution in [0.2, 0.25) is 0 Å². The van der Waals surface area contributed by atoms with Crippen LogP contribution in [0.25, 0.3) is 0 Å². The molecule has 3 heteroatoms. The summed E-state index contributed by atoms with van der Waals surface area (Å²) in [7, 11) is 0. The fourth-order valence-corrected chi connectivity index (χ4v) is 3.90. The summed E-state index contributed by atoms with van der Waals surface area (Å²) >= 11 is 0. The van der Waals surface area contributed by atoms with Crippen LogP contribution in [-0.4, -0.2) is 47.1 Å². The minimum atomic E-state index is -0.174. The van der Waals surface area contributed by atoms with Gasteiger partial charge < -0.3 is 0 Å². The van der Waals surface area contributed by atoms with Crippen molar-refractivity contribution in [1.29, 1.82) is 5.26 Å². The van der Waals surface area contributed by atoms with Crippen LogP contribution in [-0.2, 0) is 0 Å². The lowest BCUT2D eigenvalue weighted by Gasteiger charge is -2.35. The minimum Gasteiger partial charge on any atom is -0.295 e. The third kappa shape index (κ3) is 2.17. The molecule has 0 amide bonds. The fourth-order valence-electron chi connectivity index (χ4n) is 3.90. The predicted molar refractivity (Wildman–Crippen MR) is 72.2 cm³/mol. The molecule has 2 heterocycles. The quantitative estimate of drug-likeness (QED) is 0.750. The maximum atomic E-state index is 9.78. The molecule has 3 nitrogen and oxygen atoms in total. The van der Waals surface area contributed by atoms with Gasteiger partial charge in [0.25, 0.3) is 0 Å². The fraction of sp³-hybridized carbons (Fsp3) is 0.933. The van der Waals surface area contributed by atoms with Crippen LogP contribution in [0.1, 0.15) is 51.9 Å². The third-order valence-electron chi connectivity index (χ3n) is 5.08. The van der Waals surface area contributed by atoms with Gasteiger partial charge in [-0.15, -0.1) is 0 Å². The molecule has 0 aromatic carbocycles. The Morgan fingerprint density at radius 1 is 1.11 bits per heavy atom. The van der Waals surface area contributed by atoms with Gasteiger partial charge in [0.2, 0.25) is 0 Å². The Kier molecular flexibility index (Phi) is 3.34. The molecule has 100 valence electrons. The van der Waals surface area contributed by atoms with Crippen LogP contribution < -0.4 is 0 Å². The second-order valence-electron chi connectivity index (χ2n) is 6.50. The summed E-state index contributed by atoms with van der Waals surface area (Å²) < 4.78 is 0. The Hall–Kier alpha value is -0.590. The Morgan fingerprint density at radius 2 is 1.78 bits per heavy atom. The molecule has 0 aromatic heterocycles. The molecule has 2 saturated heterocycles. The molecule has 0 spiro atoms. The summed E-state index contributed by atoms with van der Waals surface area (Å²) in [5.74, 6) is 0. The number of hydrogen-bond acceptors (Lipinski definition) is 3. The number of likely N-dealkylation sites (tertiary alicyclic amines) is 2. The molecule has 3 rings (SSSR count). The van der Waals surface area contributed by atoms with Crippen LogP contribution in [0.3, 0.4) is 0 Å². The van der Waals surface area contributed by atoms with Gasteiger partial charge in [-0.1, -0.05) is 12.8 Å². The molecular formula is C15H25N3. The zero-order valence-electron chi connectivity index (χ0n) is 11.6. The minimum absolute atomic E-state index is 0.174. The van der Waals surface area contributed by atoms with Crippen LogP contribution in [0, 0.1) is 11.3 Å². The van der Waals surface area contributed by atoms with E-state index in [9.17, 15) is 5.26 Å². The molecule has 2 aliphatic heterocycles. The van der Waals surface area contributed by atoms with Crippen LogP contribution in [0.15, 0.2) is 0 Å². The van der Waals surface area contributed by atoms with E-state index < -0.39 is 0 Å². The van der Waals surface area contributed by atoms with E-state index in [-0.39, 0.29) is 5.54 Å². The molecule has 0 bridgehead atoms. The zero-order chi connectivity index (χ0) is 12.6. The Bertz CT molecular complexity index is 336. The van der Waals surface area contributed by atoms with Crippen molar-refractivity contribution in [3.63, 3.8) is 0 Å². The summed E-state index contributed by atoms with van der Waals surface area (Å²) in [4.78, 5) is 5.12. The largest absolute Gasteiger partial charge is 0.295 e. The molecule has 2 unspecified atom stereocenters. The SMILES string of the molecule is CC1CC(C#N)(N2CCCCCC2)CN1C1CC1. The summed E-state index contributed by atoms with van der Waals surface area (Å²) in [6.45, 7) is 5.59. The van der Waals surface area contributed by atoms with E-state index in [0.717, 1.165) is 32.1 Å². The van der Waals surface area contributed by atoms with Gasteiger partial charge >= 0.3 is 0 Å². The number of nitriles is 1. The molecule has 0 aromatic rings. The first-order chi connectivity index (χ1) is 8.75. The van der Waals surface area contributed by atoms with Crippen molar-refractivity contribution >= 4 is 0 Å². The summed E-state index contributed by atoms with van der Waals surface area (Å²) in [6, 6.07) is 4.09. The van der Waals surface area contributed by atoms with Gasteiger partial charge in [-0.2, -0.15) is 5.26 Å². The van der Waals surface area contributed by atoms with E-state index in [1.54, 1.807) is 0 Å². The highest BCUT2D eigenvalue weighted by Gasteiger charge is 2.50. The molecule has 3 fully saturated rings. The molecule has 3 aliphatic rings. The van der Waals surface area contributed by atoms with Gasteiger partial charge in [-0.3, -0.25) is 9.80 Å². The second kappa shape index (κ2) is 4.83. The van der Waals surface area contributed by atoms with Gasteiger partial charge in [0.05, 0.1) is 6.07 Å². The van der Waals surface area contributed by atoms with Crippen molar-refractivity contribution < 1.29 is 0 Å². The van der Waals surface area contributed by atoms with Crippen molar-refractivity contribution in [2.75, 3.05) is 19.6 Å². The van der Waals surface area contributed by atoms with E-state index in [4.69, 9.17) is 0 Å². The Labute approximate surface area is 111 Å². The molecule has 18 heavy (non-hydrogen) atoms. The maximum Gasteiger partial charge on any atom is 0.123 e. The molecule has 2 atom stereocenters. The van der Waals surface area contributed by atoms with E-state index in [0.29, 0.717) is 6.04 Å². The smallest absolute Gasteiger partial charge is 0.123 e. The van der Waals surface area contributed by atoms with Crippen molar-refractivity contribution in [2.45, 2.75) is 69.5 Å². The van der Waals surface area contributed by atoms with Crippen molar-refractivity contribution in [3.05, 3.63) is 0 Å². The predicted octanol–water partition coefficient (Wildman–Crippen LogP) is 2.38. The first-order valence-electron chi connectivity index (χ1n) is 7.67. The highest BCUT2D eigenvalue weighted by Crippen LogP contribution is 2.40. The van der Waals surface area contributed by atoms with Gasteiger partial charge in [-0.05, 0) is 52.1 Å². The van der Waals surface area contributed by atoms with Crippen LogP contribution in [0.5, 0.6) is 0 Å². The van der Waals surface area contributed by atoms with Crippen molar-refractivity contribution in [2.24, 2.45) is 0 Å². The van der Waals surface area contributed by atoms with E-state index in [2.05, 4.69) is 22.8 Å². The average Bonchev–Trinajstić information content (AvgIpc) is 3.18. The van der Waals surface area contributed by atoms with E-state index in [1.807, 2.05) is 0 Å². The third-order valence-corrected chi connectivity index (χ3v) is 5.08. The van der Waals surface area contributed by atoms with Gasteiger partial charge in [0.1, 0.15) is 5.54 Å². The Balaban J connectivity index is 1.75. The van der Waals surface area contributed by atoms with Crippen molar-refractivity contribution in [1.82, 2.24) is 9.80 Å². The Morgan fingerprint density at radius 3 is 2.33 bits per heavy atom. The maximum absolute atomic E-state index is 9.78. The highest BCUT2D eigenvalue weighted by molar-refractivity contribution is 5.17. The van der Waals surface area contributed by atoms with Gasteiger partial charge in [0, 0.05) is 18.6 Å². The number of hydrogen-bond donors (Lipinski definition) is 0. The summed E-state index contributed by atoms with van der Waals surface area (Å²) in [5.41, 5.74) is -0.174. The molecule has 1 aliphatic carbocycles. The standard InChI is InChI=1S/C15H25N3/c1-13-10-15(11-16,12-18(13)14-6-7-14)17-8-4-2-3-5-9-17/h13-14H,2-10,12H2,1H3. The molecule has 0 radical (unpaired) electrons. The lowest BCUT2D eigenvalue weighted by atomic mass is 9.95. The lowest BCUT2D eigenvalue weighted by molar-refractivity contribution is 0.142. The van der Waals surface area contributed by atoms with Gasteiger partial charge in [-0.25, -0.2) is 0 Å². The zero-order valence-corrected chi connectivity index (χ0v) is 11.6. The monoisotopic (exact) mass is 247 g/mol. The molecule has 0 N–H and O–H groups in total. The lowest BCUT2D eigenvalue weighted by Crippen LogP contribution is -2.50.